The Bertz CT molecular complexity index is 1340. The molecular weight excluding hydrogens is 424 g/mol. The van der Waals surface area contributed by atoms with E-state index in [1.165, 1.54) is 10.9 Å². The van der Waals surface area contributed by atoms with Crippen molar-refractivity contribution in [1.29, 1.82) is 0 Å². The Hall–Kier alpha value is -3.26. The number of rotatable bonds is 5. The summed E-state index contributed by atoms with van der Waals surface area (Å²) >= 11 is 1.57. The summed E-state index contributed by atoms with van der Waals surface area (Å²) in [5, 5.41) is 1.27. The number of carbonyl (C=O) groups excluding carboxylic acids is 1. The number of piperidine rings is 1. The summed E-state index contributed by atoms with van der Waals surface area (Å²) in [4.78, 5) is 36.1. The predicted molar refractivity (Wildman–Crippen MR) is 125 cm³/mol. The number of fused-ring (bicyclic) bond motifs is 2. The normalized spacial score (nSPS) is 14.8. The molecule has 2 aromatic carbocycles. The Morgan fingerprint density at radius 2 is 1.97 bits per heavy atom. The van der Waals surface area contributed by atoms with E-state index < -0.39 is 0 Å². The minimum Gasteiger partial charge on any atom is -0.467 e. The molecular formula is C24H24N4O3S. The van der Waals surface area contributed by atoms with Gasteiger partial charge < -0.3 is 9.64 Å². The van der Waals surface area contributed by atoms with Gasteiger partial charge in [0.1, 0.15) is 6.10 Å². The van der Waals surface area contributed by atoms with E-state index in [1.807, 2.05) is 29.2 Å². The number of para-hydroxylation sites is 2. The van der Waals surface area contributed by atoms with Crippen LogP contribution in [-0.4, -0.2) is 44.5 Å². The van der Waals surface area contributed by atoms with E-state index >= 15 is 0 Å². The number of amides is 1. The lowest BCUT2D eigenvalue weighted by atomic mass is 10.1. The highest BCUT2D eigenvalue weighted by molar-refractivity contribution is 7.20. The number of ether oxygens (including phenoxy) is 1. The lowest BCUT2D eigenvalue weighted by Gasteiger charge is -2.31. The smallest absolute Gasteiger partial charge is 0.274 e. The maximum absolute atomic E-state index is 12.7. The first-order chi connectivity index (χ1) is 15.6. The van der Waals surface area contributed by atoms with Crippen molar-refractivity contribution in [3.05, 3.63) is 64.7 Å². The summed E-state index contributed by atoms with van der Waals surface area (Å²) in [5.74, 6) is 0.0547. The molecule has 0 bridgehead atoms. The third kappa shape index (κ3) is 4.10. The Balaban J connectivity index is 1.15. The molecule has 0 radical (unpaired) electrons. The lowest BCUT2D eigenvalue weighted by molar-refractivity contribution is -0.133. The van der Waals surface area contributed by atoms with Crippen molar-refractivity contribution in [2.45, 2.75) is 38.8 Å². The van der Waals surface area contributed by atoms with Crippen molar-refractivity contribution in [3.8, 4) is 5.19 Å². The van der Waals surface area contributed by atoms with Crippen LogP contribution < -0.4 is 10.3 Å². The molecule has 0 unspecified atom stereocenters. The van der Waals surface area contributed by atoms with Gasteiger partial charge in [-0.3, -0.25) is 14.2 Å². The molecule has 32 heavy (non-hydrogen) atoms. The maximum atomic E-state index is 12.7. The molecule has 164 valence electrons. The quantitative estimate of drug-likeness (QED) is 0.464. The summed E-state index contributed by atoms with van der Waals surface area (Å²) in [7, 11) is 0. The third-order valence-corrected chi connectivity index (χ3v) is 6.87. The summed E-state index contributed by atoms with van der Waals surface area (Å²) < 4.78 is 8.77. The molecule has 0 aliphatic carbocycles. The topological polar surface area (TPSA) is 77.3 Å². The Morgan fingerprint density at radius 3 is 2.78 bits per heavy atom. The zero-order valence-electron chi connectivity index (χ0n) is 17.9. The average molecular weight is 449 g/mol. The van der Waals surface area contributed by atoms with Crippen LogP contribution in [0.3, 0.4) is 0 Å². The number of benzene rings is 2. The monoisotopic (exact) mass is 448 g/mol. The first kappa shape index (κ1) is 20.6. The van der Waals surface area contributed by atoms with Gasteiger partial charge in [0, 0.05) is 38.9 Å². The average Bonchev–Trinajstić information content (AvgIpc) is 3.23. The van der Waals surface area contributed by atoms with Gasteiger partial charge in [-0.25, -0.2) is 9.97 Å². The number of likely N-dealkylation sites (tertiary alicyclic amines) is 1. The van der Waals surface area contributed by atoms with Crippen molar-refractivity contribution in [1.82, 2.24) is 19.4 Å². The molecule has 0 N–H and O–H groups in total. The van der Waals surface area contributed by atoms with E-state index in [0.29, 0.717) is 35.7 Å². The molecule has 3 heterocycles. The molecule has 7 nitrogen and oxygen atoms in total. The van der Waals surface area contributed by atoms with Gasteiger partial charge in [0.2, 0.25) is 5.91 Å². The summed E-state index contributed by atoms with van der Waals surface area (Å²) in [5.41, 5.74) is 2.71. The number of aromatic nitrogens is 3. The molecule has 0 spiro atoms. The van der Waals surface area contributed by atoms with Crippen LogP contribution in [0.2, 0.25) is 0 Å². The van der Waals surface area contributed by atoms with Crippen LogP contribution >= 0.6 is 11.3 Å². The first-order valence-electron chi connectivity index (χ1n) is 10.8. The minimum atomic E-state index is -0.110. The molecule has 0 atom stereocenters. The van der Waals surface area contributed by atoms with E-state index in [-0.39, 0.29) is 24.0 Å². The Kier molecular flexibility index (Phi) is 5.61. The van der Waals surface area contributed by atoms with E-state index in [0.717, 1.165) is 28.6 Å². The zero-order chi connectivity index (χ0) is 22.1. The van der Waals surface area contributed by atoms with Crippen LogP contribution in [0.15, 0.2) is 53.6 Å². The predicted octanol–water partition coefficient (Wildman–Crippen LogP) is 3.77. The van der Waals surface area contributed by atoms with Gasteiger partial charge in [0.15, 0.2) is 0 Å². The first-order valence-corrected chi connectivity index (χ1v) is 11.6. The van der Waals surface area contributed by atoms with Gasteiger partial charge in [-0.05, 0) is 30.7 Å². The molecule has 1 saturated heterocycles. The molecule has 1 fully saturated rings. The van der Waals surface area contributed by atoms with Crippen LogP contribution in [0.25, 0.3) is 21.1 Å². The Labute approximate surface area is 189 Å². The van der Waals surface area contributed by atoms with Crippen LogP contribution in [0.4, 0.5) is 0 Å². The second kappa shape index (κ2) is 8.70. The number of aryl methyl sites for hydroxylation is 2. The van der Waals surface area contributed by atoms with E-state index in [9.17, 15) is 9.59 Å². The fourth-order valence-corrected chi connectivity index (χ4v) is 5.08. The molecule has 1 aliphatic heterocycles. The largest absolute Gasteiger partial charge is 0.467 e. The van der Waals surface area contributed by atoms with E-state index in [2.05, 4.69) is 29.0 Å². The molecule has 1 amide bonds. The van der Waals surface area contributed by atoms with Crippen LogP contribution in [0, 0.1) is 6.92 Å². The number of carbonyl (C=O) groups is 1. The summed E-state index contributed by atoms with van der Waals surface area (Å²) in [6.07, 6.45) is 3.42. The fourth-order valence-electron chi connectivity index (χ4n) is 4.12. The Morgan fingerprint density at radius 1 is 1.16 bits per heavy atom. The van der Waals surface area contributed by atoms with Gasteiger partial charge in [-0.2, -0.15) is 0 Å². The van der Waals surface area contributed by atoms with E-state index in [4.69, 9.17) is 4.74 Å². The molecule has 2 aromatic heterocycles. The van der Waals surface area contributed by atoms with Gasteiger partial charge in [0.25, 0.3) is 10.8 Å². The zero-order valence-corrected chi connectivity index (χ0v) is 18.7. The second-order valence-electron chi connectivity index (χ2n) is 8.11. The molecule has 4 aromatic rings. The standard InChI is InChI=1S/C24H24N4O3S/c1-16-5-4-8-20-22(16)26-24(32-20)31-17-9-12-27(13-10-17)21(29)11-14-28-15-25-19-7-3-2-6-18(19)23(28)30/h2-8,15,17H,9-14H2,1H3. The van der Waals surface area contributed by atoms with Crippen molar-refractivity contribution in [2.75, 3.05) is 13.1 Å². The minimum absolute atomic E-state index is 0.0547. The number of hydrogen-bond acceptors (Lipinski definition) is 6. The van der Waals surface area contributed by atoms with Gasteiger partial charge in [-0.15, -0.1) is 0 Å². The number of hydrogen-bond donors (Lipinski definition) is 0. The van der Waals surface area contributed by atoms with Crippen molar-refractivity contribution >= 4 is 38.4 Å². The van der Waals surface area contributed by atoms with Crippen molar-refractivity contribution in [3.63, 3.8) is 0 Å². The highest BCUT2D eigenvalue weighted by Gasteiger charge is 2.25. The van der Waals surface area contributed by atoms with Crippen LogP contribution in [0.1, 0.15) is 24.8 Å². The highest BCUT2D eigenvalue weighted by atomic mass is 32.1. The van der Waals surface area contributed by atoms with Crippen molar-refractivity contribution in [2.24, 2.45) is 0 Å². The number of nitrogens with zero attached hydrogens (tertiary/aromatic N) is 4. The highest BCUT2D eigenvalue weighted by Crippen LogP contribution is 2.31. The van der Waals surface area contributed by atoms with Crippen LogP contribution in [0.5, 0.6) is 5.19 Å². The fraction of sp³-hybridized carbons (Fsp3) is 0.333. The van der Waals surface area contributed by atoms with Gasteiger partial charge >= 0.3 is 0 Å². The SMILES string of the molecule is Cc1cccc2sc(OC3CCN(C(=O)CCn4cnc5ccccc5c4=O)CC3)nc12. The van der Waals surface area contributed by atoms with Gasteiger partial charge in [-0.1, -0.05) is 35.6 Å². The van der Waals surface area contributed by atoms with Crippen LogP contribution in [-0.2, 0) is 11.3 Å². The lowest BCUT2D eigenvalue weighted by Crippen LogP contribution is -2.42. The molecule has 8 heteroatoms. The third-order valence-electron chi connectivity index (χ3n) is 5.96. The molecule has 5 rings (SSSR count). The van der Waals surface area contributed by atoms with E-state index in [1.54, 1.807) is 17.4 Å². The maximum Gasteiger partial charge on any atom is 0.274 e. The molecule has 0 saturated carbocycles. The van der Waals surface area contributed by atoms with Crippen molar-refractivity contribution < 1.29 is 9.53 Å². The summed E-state index contributed by atoms with van der Waals surface area (Å²) in [6.45, 7) is 3.69. The van der Waals surface area contributed by atoms with Gasteiger partial charge in [0.05, 0.1) is 27.4 Å². The second-order valence-corrected chi connectivity index (χ2v) is 9.10. The number of thiazole rings is 1. The summed E-state index contributed by atoms with van der Waals surface area (Å²) in [6, 6.07) is 13.4. The molecule has 1 aliphatic rings.